The maximum atomic E-state index is 12.9. The van der Waals surface area contributed by atoms with Crippen LogP contribution in [0.25, 0.3) is 0 Å². The van der Waals surface area contributed by atoms with E-state index >= 15 is 0 Å². The Hall–Kier alpha value is -2.45. The molecule has 3 aliphatic rings. The number of carbonyl (C=O) groups is 3. The van der Waals surface area contributed by atoms with Crippen molar-refractivity contribution in [3.8, 4) is 0 Å². The van der Waals surface area contributed by atoms with Crippen LogP contribution < -0.4 is 0 Å². The van der Waals surface area contributed by atoms with Gasteiger partial charge < -0.3 is 14.4 Å². The Morgan fingerprint density at radius 1 is 1.11 bits per heavy atom. The van der Waals surface area contributed by atoms with E-state index in [0.29, 0.717) is 19.4 Å². The third-order valence-corrected chi connectivity index (χ3v) is 6.01. The van der Waals surface area contributed by atoms with Crippen molar-refractivity contribution in [2.45, 2.75) is 64.0 Å². The number of urea groups is 1. The summed E-state index contributed by atoms with van der Waals surface area (Å²) in [4.78, 5) is 41.2. The summed E-state index contributed by atoms with van der Waals surface area (Å²) in [5, 5.41) is 8.82. The molecule has 0 aromatic carbocycles. The molecule has 0 spiro atoms. The summed E-state index contributed by atoms with van der Waals surface area (Å²) in [6, 6.07) is -0.282. The van der Waals surface area contributed by atoms with Gasteiger partial charge in [-0.1, -0.05) is 6.42 Å². The molecule has 28 heavy (non-hydrogen) atoms. The number of amides is 4. The Labute approximate surface area is 164 Å². The topological polar surface area (TPSA) is 91.6 Å². The minimum atomic E-state index is -0.275. The van der Waals surface area contributed by atoms with Crippen LogP contribution in [0.3, 0.4) is 0 Å². The highest BCUT2D eigenvalue weighted by Gasteiger charge is 2.35. The normalized spacial score (nSPS) is 22.8. The summed E-state index contributed by atoms with van der Waals surface area (Å²) in [5.41, 5.74) is 0. The number of nitrogens with zero attached hydrogens (tertiary/aromatic N) is 6. The second kappa shape index (κ2) is 7.89. The third kappa shape index (κ3) is 3.49. The van der Waals surface area contributed by atoms with Crippen LogP contribution in [0, 0.1) is 0 Å². The molecular weight excluding hydrogens is 360 g/mol. The number of rotatable bonds is 5. The number of aryl methyl sites for hydroxylation is 1. The lowest BCUT2D eigenvalue weighted by atomic mass is 10.2. The van der Waals surface area contributed by atoms with Crippen molar-refractivity contribution in [2.24, 2.45) is 0 Å². The smallest absolute Gasteiger partial charge is 0.326 e. The van der Waals surface area contributed by atoms with Crippen LogP contribution in [0.5, 0.6) is 0 Å². The molecule has 0 N–H and O–H groups in total. The Bertz CT molecular complexity index is 776. The number of likely N-dealkylation sites (tertiary alicyclic amines) is 1. The van der Waals surface area contributed by atoms with Gasteiger partial charge in [-0.25, -0.2) is 4.79 Å². The maximum absolute atomic E-state index is 12.9. The van der Waals surface area contributed by atoms with E-state index in [4.69, 9.17) is 0 Å². The maximum Gasteiger partial charge on any atom is 0.326 e. The molecule has 9 heteroatoms. The highest BCUT2D eigenvalue weighted by Crippen LogP contribution is 2.33. The standard InChI is InChI=1S/C19H28N6O3/c1-22-13-17(27)25(19(22)28)12-6-9-16(26)23-11-5-7-14(23)18-21-20-15-8-3-2-4-10-24(15)18/h14H,2-13H2,1H3/t14-/m0/s1. The first-order chi connectivity index (χ1) is 13.6. The highest BCUT2D eigenvalue weighted by atomic mass is 16.2. The van der Waals surface area contributed by atoms with Crippen LogP contribution in [-0.2, 0) is 22.6 Å². The van der Waals surface area contributed by atoms with Crippen molar-refractivity contribution in [3.05, 3.63) is 11.6 Å². The monoisotopic (exact) mass is 388 g/mol. The van der Waals surface area contributed by atoms with E-state index < -0.39 is 0 Å². The summed E-state index contributed by atoms with van der Waals surface area (Å²) >= 11 is 0. The van der Waals surface area contributed by atoms with E-state index in [1.165, 1.54) is 16.2 Å². The lowest BCUT2D eigenvalue weighted by Gasteiger charge is -2.25. The third-order valence-electron chi connectivity index (χ3n) is 6.01. The molecule has 0 radical (unpaired) electrons. The molecular formula is C19H28N6O3. The van der Waals surface area contributed by atoms with Crippen LogP contribution in [0.2, 0.25) is 0 Å². The average Bonchev–Trinajstić information content (AvgIpc) is 3.31. The fraction of sp³-hybridized carbons (Fsp3) is 0.737. The summed E-state index contributed by atoms with van der Waals surface area (Å²) in [6.45, 7) is 2.09. The van der Waals surface area contributed by atoms with Crippen LogP contribution in [0.1, 0.15) is 62.6 Å². The molecule has 1 aromatic heterocycles. The van der Waals surface area contributed by atoms with Gasteiger partial charge in [0.2, 0.25) is 11.8 Å². The second-order valence-corrected chi connectivity index (χ2v) is 7.97. The van der Waals surface area contributed by atoms with Gasteiger partial charge in [0.25, 0.3) is 0 Å². The predicted octanol–water partition coefficient (Wildman–Crippen LogP) is 1.34. The largest absolute Gasteiger partial charge is 0.332 e. The van der Waals surface area contributed by atoms with E-state index in [1.54, 1.807) is 7.05 Å². The molecule has 2 fully saturated rings. The number of hydrogen-bond acceptors (Lipinski definition) is 5. The minimum Gasteiger partial charge on any atom is -0.332 e. The summed E-state index contributed by atoms with van der Waals surface area (Å²) < 4.78 is 2.22. The van der Waals surface area contributed by atoms with Crippen molar-refractivity contribution in [3.63, 3.8) is 0 Å². The Kier molecular flexibility index (Phi) is 5.32. The number of hydrogen-bond donors (Lipinski definition) is 0. The van der Waals surface area contributed by atoms with Gasteiger partial charge in [-0.05, 0) is 32.1 Å². The zero-order valence-electron chi connectivity index (χ0n) is 16.5. The molecule has 0 bridgehead atoms. The fourth-order valence-electron chi connectivity index (χ4n) is 4.51. The van der Waals surface area contributed by atoms with Crippen molar-refractivity contribution in [1.29, 1.82) is 0 Å². The van der Waals surface area contributed by atoms with Gasteiger partial charge in [-0.15, -0.1) is 10.2 Å². The minimum absolute atomic E-state index is 0.00645. The van der Waals surface area contributed by atoms with Gasteiger partial charge in [0.05, 0.1) is 6.04 Å². The first kappa shape index (κ1) is 18.9. The molecule has 0 saturated carbocycles. The van der Waals surface area contributed by atoms with Gasteiger partial charge in [-0.2, -0.15) is 0 Å². The average molecular weight is 388 g/mol. The van der Waals surface area contributed by atoms with Crippen molar-refractivity contribution in [2.75, 3.05) is 26.7 Å². The molecule has 1 aromatic rings. The van der Waals surface area contributed by atoms with E-state index in [9.17, 15) is 14.4 Å². The van der Waals surface area contributed by atoms with Crippen LogP contribution in [0.15, 0.2) is 0 Å². The zero-order chi connectivity index (χ0) is 19.7. The number of aromatic nitrogens is 3. The van der Waals surface area contributed by atoms with Gasteiger partial charge in [-0.3, -0.25) is 14.5 Å². The summed E-state index contributed by atoms with van der Waals surface area (Å²) in [5.74, 6) is 1.85. The van der Waals surface area contributed by atoms with E-state index in [1.807, 2.05) is 4.90 Å². The molecule has 4 heterocycles. The van der Waals surface area contributed by atoms with Gasteiger partial charge in [0, 0.05) is 39.5 Å². The summed E-state index contributed by atoms with van der Waals surface area (Å²) in [7, 11) is 1.61. The molecule has 3 aliphatic heterocycles. The quantitative estimate of drug-likeness (QED) is 0.710. The van der Waals surface area contributed by atoms with Crippen LogP contribution >= 0.6 is 0 Å². The Balaban J connectivity index is 1.37. The molecule has 0 aliphatic carbocycles. The Morgan fingerprint density at radius 2 is 1.96 bits per heavy atom. The number of fused-ring (bicyclic) bond motifs is 1. The Morgan fingerprint density at radius 3 is 2.75 bits per heavy atom. The van der Waals surface area contributed by atoms with E-state index in [0.717, 1.165) is 56.8 Å². The lowest BCUT2D eigenvalue weighted by Crippen LogP contribution is -2.35. The van der Waals surface area contributed by atoms with E-state index in [2.05, 4.69) is 14.8 Å². The molecule has 2 saturated heterocycles. The molecule has 152 valence electrons. The zero-order valence-corrected chi connectivity index (χ0v) is 16.5. The first-order valence-corrected chi connectivity index (χ1v) is 10.3. The number of carbonyl (C=O) groups excluding carboxylic acids is 3. The van der Waals surface area contributed by atoms with Gasteiger partial charge in [0.15, 0.2) is 5.82 Å². The molecule has 4 rings (SSSR count). The molecule has 0 unspecified atom stereocenters. The van der Waals surface area contributed by atoms with Crippen molar-refractivity contribution >= 4 is 17.8 Å². The van der Waals surface area contributed by atoms with Crippen LogP contribution in [-0.4, -0.2) is 74.0 Å². The van der Waals surface area contributed by atoms with E-state index in [-0.39, 0.29) is 30.4 Å². The fourth-order valence-corrected chi connectivity index (χ4v) is 4.51. The second-order valence-electron chi connectivity index (χ2n) is 7.97. The van der Waals surface area contributed by atoms with Gasteiger partial charge >= 0.3 is 6.03 Å². The van der Waals surface area contributed by atoms with Gasteiger partial charge in [0.1, 0.15) is 12.4 Å². The molecule has 9 nitrogen and oxygen atoms in total. The van der Waals surface area contributed by atoms with Crippen LogP contribution in [0.4, 0.5) is 4.79 Å². The SMILES string of the molecule is CN1CC(=O)N(CCCC(=O)N2CCC[C@H]2c2nnc3n2CCCCC3)C1=O. The number of imide groups is 1. The predicted molar refractivity (Wildman–Crippen MR) is 100 cm³/mol. The van der Waals surface area contributed by atoms with Crippen molar-refractivity contribution in [1.82, 2.24) is 29.5 Å². The number of likely N-dealkylation sites (N-methyl/N-ethyl adjacent to an activating group) is 1. The molecule has 4 amide bonds. The first-order valence-electron chi connectivity index (χ1n) is 10.3. The van der Waals surface area contributed by atoms with Crippen molar-refractivity contribution < 1.29 is 14.4 Å². The highest BCUT2D eigenvalue weighted by molar-refractivity contribution is 6.01. The summed E-state index contributed by atoms with van der Waals surface area (Å²) in [6.07, 6.45) is 7.15. The molecule has 1 atom stereocenters. The lowest BCUT2D eigenvalue weighted by molar-refractivity contribution is -0.133.